The lowest BCUT2D eigenvalue weighted by atomic mass is 9.55. The van der Waals surface area contributed by atoms with Gasteiger partial charge in [-0.2, -0.15) is 0 Å². The van der Waals surface area contributed by atoms with Crippen molar-refractivity contribution >= 4 is 0 Å². The van der Waals surface area contributed by atoms with Crippen LogP contribution in [0.1, 0.15) is 49.3 Å². The van der Waals surface area contributed by atoms with E-state index in [1.165, 1.54) is 5.56 Å². The van der Waals surface area contributed by atoms with E-state index < -0.39 is 0 Å². The van der Waals surface area contributed by atoms with Crippen LogP contribution < -0.4 is 0 Å². The molecule has 1 aliphatic rings. The van der Waals surface area contributed by atoms with Gasteiger partial charge in [0.25, 0.3) is 0 Å². The summed E-state index contributed by atoms with van der Waals surface area (Å²) in [7, 11) is 0. The molecule has 0 amide bonds. The number of benzene rings is 1. The van der Waals surface area contributed by atoms with Crippen molar-refractivity contribution in [3.05, 3.63) is 34.6 Å². The van der Waals surface area contributed by atoms with Crippen molar-refractivity contribution in [1.82, 2.24) is 0 Å². The largest absolute Gasteiger partial charge is 0.393 e. The van der Waals surface area contributed by atoms with Gasteiger partial charge in [-0.05, 0) is 49.3 Å². The topological polar surface area (TPSA) is 20.2 Å². The Balaban J connectivity index is 2.37. The molecule has 2 rings (SSSR count). The SMILES string of the molecule is CCC1(C)C(O)CC1c1cc(C)c(F)c(C)c1. The van der Waals surface area contributed by atoms with Crippen molar-refractivity contribution in [1.29, 1.82) is 0 Å². The highest BCUT2D eigenvalue weighted by Crippen LogP contribution is 2.55. The van der Waals surface area contributed by atoms with Gasteiger partial charge in [-0.15, -0.1) is 0 Å². The fraction of sp³-hybridized carbons (Fsp3) is 0.600. The normalized spacial score (nSPS) is 32.4. The highest BCUT2D eigenvalue weighted by atomic mass is 19.1. The van der Waals surface area contributed by atoms with Crippen molar-refractivity contribution in [2.24, 2.45) is 5.41 Å². The van der Waals surface area contributed by atoms with E-state index in [1.807, 2.05) is 26.0 Å². The van der Waals surface area contributed by atoms with E-state index in [4.69, 9.17) is 0 Å². The van der Waals surface area contributed by atoms with Gasteiger partial charge < -0.3 is 5.11 Å². The Morgan fingerprint density at radius 1 is 1.35 bits per heavy atom. The maximum absolute atomic E-state index is 13.6. The number of aliphatic hydroxyl groups is 1. The molecule has 94 valence electrons. The molecule has 1 aliphatic carbocycles. The number of hydrogen-bond acceptors (Lipinski definition) is 1. The van der Waals surface area contributed by atoms with E-state index in [2.05, 4.69) is 13.8 Å². The second-order valence-corrected chi connectivity index (χ2v) is 5.63. The molecule has 3 atom stereocenters. The monoisotopic (exact) mass is 236 g/mol. The molecule has 0 spiro atoms. The van der Waals surface area contributed by atoms with Crippen molar-refractivity contribution < 1.29 is 9.50 Å². The van der Waals surface area contributed by atoms with E-state index in [0.29, 0.717) is 17.0 Å². The van der Waals surface area contributed by atoms with Crippen LogP contribution in [0.4, 0.5) is 4.39 Å². The van der Waals surface area contributed by atoms with Crippen molar-refractivity contribution in [3.63, 3.8) is 0 Å². The maximum atomic E-state index is 13.6. The summed E-state index contributed by atoms with van der Waals surface area (Å²) in [4.78, 5) is 0. The molecule has 17 heavy (non-hydrogen) atoms. The lowest BCUT2D eigenvalue weighted by Gasteiger charge is -2.52. The van der Waals surface area contributed by atoms with Gasteiger partial charge in [-0.1, -0.05) is 26.0 Å². The van der Waals surface area contributed by atoms with Crippen LogP contribution in [0, 0.1) is 25.1 Å². The molecule has 0 aromatic heterocycles. The summed E-state index contributed by atoms with van der Waals surface area (Å²) in [6, 6.07) is 3.87. The van der Waals surface area contributed by atoms with Gasteiger partial charge in [0.2, 0.25) is 0 Å². The second kappa shape index (κ2) is 4.09. The predicted octanol–water partition coefficient (Wildman–Crippen LogP) is 3.71. The molecule has 0 aliphatic heterocycles. The molecule has 2 heteroatoms. The quantitative estimate of drug-likeness (QED) is 0.830. The molecule has 3 unspecified atom stereocenters. The van der Waals surface area contributed by atoms with Gasteiger partial charge >= 0.3 is 0 Å². The highest BCUT2D eigenvalue weighted by molar-refractivity contribution is 5.35. The number of aryl methyl sites for hydroxylation is 2. The summed E-state index contributed by atoms with van der Waals surface area (Å²) < 4.78 is 13.6. The van der Waals surface area contributed by atoms with Gasteiger partial charge in [0.15, 0.2) is 0 Å². The van der Waals surface area contributed by atoms with Crippen LogP contribution in [0.3, 0.4) is 0 Å². The Morgan fingerprint density at radius 2 is 1.88 bits per heavy atom. The van der Waals surface area contributed by atoms with E-state index in [9.17, 15) is 9.50 Å². The predicted molar refractivity (Wildman–Crippen MR) is 67.6 cm³/mol. The third kappa shape index (κ3) is 1.79. The molecule has 0 bridgehead atoms. The van der Waals surface area contributed by atoms with Gasteiger partial charge in [0.1, 0.15) is 5.82 Å². The van der Waals surface area contributed by atoms with Gasteiger partial charge in [-0.3, -0.25) is 0 Å². The highest BCUT2D eigenvalue weighted by Gasteiger charge is 2.50. The molecule has 0 radical (unpaired) electrons. The Bertz CT molecular complexity index is 418. The minimum atomic E-state index is -0.219. The fourth-order valence-corrected chi connectivity index (χ4v) is 3.01. The minimum absolute atomic E-state index is 0.0449. The van der Waals surface area contributed by atoms with Crippen LogP contribution >= 0.6 is 0 Å². The molecule has 1 fully saturated rings. The zero-order valence-electron chi connectivity index (χ0n) is 11.0. The molecule has 0 heterocycles. The number of aliphatic hydroxyl groups excluding tert-OH is 1. The Labute approximate surface area is 103 Å². The van der Waals surface area contributed by atoms with Crippen LogP contribution in [-0.4, -0.2) is 11.2 Å². The maximum Gasteiger partial charge on any atom is 0.129 e. The van der Waals surface area contributed by atoms with Gasteiger partial charge in [-0.25, -0.2) is 4.39 Å². The van der Waals surface area contributed by atoms with Crippen molar-refractivity contribution in [2.75, 3.05) is 0 Å². The third-order valence-corrected chi connectivity index (χ3v) is 4.64. The lowest BCUT2D eigenvalue weighted by Crippen LogP contribution is -2.49. The minimum Gasteiger partial charge on any atom is -0.393 e. The summed E-state index contributed by atoms with van der Waals surface area (Å²) in [6.07, 6.45) is 1.53. The standard InChI is InChI=1S/C15H21FO/c1-5-15(4)12(8-13(15)17)11-6-9(2)14(16)10(3)7-11/h6-7,12-13,17H,5,8H2,1-4H3. The summed E-state index contributed by atoms with van der Waals surface area (Å²) in [5.41, 5.74) is 2.55. The summed E-state index contributed by atoms with van der Waals surface area (Å²) >= 11 is 0. The Morgan fingerprint density at radius 3 is 2.29 bits per heavy atom. The molecule has 1 saturated carbocycles. The van der Waals surface area contributed by atoms with Crippen LogP contribution in [0.15, 0.2) is 12.1 Å². The molecule has 1 aromatic rings. The van der Waals surface area contributed by atoms with E-state index in [-0.39, 0.29) is 17.3 Å². The molecule has 1 nitrogen and oxygen atoms in total. The van der Waals surface area contributed by atoms with Crippen LogP contribution in [0.2, 0.25) is 0 Å². The first kappa shape index (κ1) is 12.6. The Hall–Kier alpha value is -0.890. The second-order valence-electron chi connectivity index (χ2n) is 5.63. The van der Waals surface area contributed by atoms with E-state index >= 15 is 0 Å². The first-order chi connectivity index (χ1) is 7.90. The van der Waals surface area contributed by atoms with E-state index in [0.717, 1.165) is 12.8 Å². The third-order valence-electron chi connectivity index (χ3n) is 4.64. The first-order valence-electron chi connectivity index (χ1n) is 6.35. The van der Waals surface area contributed by atoms with Crippen molar-refractivity contribution in [3.8, 4) is 0 Å². The molecule has 1 aromatic carbocycles. The van der Waals surface area contributed by atoms with Crippen molar-refractivity contribution in [2.45, 2.75) is 52.6 Å². The summed E-state index contributed by atoms with van der Waals surface area (Å²) in [5.74, 6) is 0.257. The fourth-order valence-electron chi connectivity index (χ4n) is 3.01. The van der Waals surface area contributed by atoms with Crippen LogP contribution in [-0.2, 0) is 0 Å². The first-order valence-corrected chi connectivity index (χ1v) is 6.35. The summed E-state index contributed by atoms with van der Waals surface area (Å²) in [5, 5.41) is 9.92. The number of hydrogen-bond donors (Lipinski definition) is 1. The van der Waals surface area contributed by atoms with Gasteiger partial charge in [0, 0.05) is 5.41 Å². The average molecular weight is 236 g/mol. The van der Waals surface area contributed by atoms with Gasteiger partial charge in [0.05, 0.1) is 6.10 Å². The van der Waals surface area contributed by atoms with Crippen LogP contribution in [0.25, 0.3) is 0 Å². The number of halogens is 1. The zero-order valence-corrected chi connectivity index (χ0v) is 11.0. The molecule has 0 saturated heterocycles. The lowest BCUT2D eigenvalue weighted by molar-refractivity contribution is -0.0778. The zero-order chi connectivity index (χ0) is 12.8. The molecule has 1 N–H and O–H groups in total. The molecular weight excluding hydrogens is 215 g/mol. The Kier molecular flexibility index (Phi) is 3.03. The average Bonchev–Trinajstić information content (AvgIpc) is 2.31. The number of rotatable bonds is 2. The van der Waals surface area contributed by atoms with E-state index in [1.54, 1.807) is 0 Å². The summed E-state index contributed by atoms with van der Waals surface area (Å²) in [6.45, 7) is 7.85. The smallest absolute Gasteiger partial charge is 0.129 e. The molecular formula is C15H21FO. The van der Waals surface area contributed by atoms with Crippen LogP contribution in [0.5, 0.6) is 0 Å².